The van der Waals surface area contributed by atoms with E-state index in [0.717, 1.165) is 12.7 Å². The Morgan fingerprint density at radius 1 is 0.704 bits per heavy atom. The van der Waals surface area contributed by atoms with E-state index in [2.05, 4.69) is 109 Å². The Bertz CT molecular complexity index is 882. The molecule has 0 saturated carbocycles. The first-order valence-corrected chi connectivity index (χ1v) is 11.7. The van der Waals surface area contributed by atoms with Crippen LogP contribution in [0.1, 0.15) is 12.5 Å². The summed E-state index contributed by atoms with van der Waals surface area (Å²) >= 11 is 0. The molecule has 0 unspecified atom stereocenters. The summed E-state index contributed by atoms with van der Waals surface area (Å²) in [5, 5.41) is 8.85. The summed E-state index contributed by atoms with van der Waals surface area (Å²) in [7, 11) is -2.22. The van der Waals surface area contributed by atoms with Crippen molar-refractivity contribution in [3.05, 3.63) is 109 Å². The number of aryl methyl sites for hydroxylation is 1. The minimum atomic E-state index is -2.22. The third kappa shape index (κ3) is 3.46. The van der Waals surface area contributed by atoms with E-state index in [0.29, 0.717) is 0 Å². The summed E-state index contributed by atoms with van der Waals surface area (Å²) in [6, 6.07) is 33.1. The molecule has 0 bridgehead atoms. The van der Waals surface area contributed by atoms with Gasteiger partial charge in [-0.25, -0.2) is 0 Å². The third-order valence-corrected chi connectivity index (χ3v) is 10.2. The van der Waals surface area contributed by atoms with Crippen molar-refractivity contribution in [2.24, 2.45) is 0 Å². The molecule has 27 heavy (non-hydrogen) atoms. The van der Waals surface area contributed by atoms with Crippen LogP contribution in [0.4, 0.5) is 0 Å². The molecule has 0 aliphatic carbocycles. The van der Waals surface area contributed by atoms with Gasteiger partial charge in [0.15, 0.2) is 0 Å². The predicted molar refractivity (Wildman–Crippen MR) is 118 cm³/mol. The van der Waals surface area contributed by atoms with E-state index in [1.807, 2.05) is 10.9 Å². The normalized spacial score (nSPS) is 12.0. The average Bonchev–Trinajstić information content (AvgIpc) is 3.21. The molecule has 3 heteroatoms. The fourth-order valence-corrected chi connectivity index (χ4v) is 8.64. The van der Waals surface area contributed by atoms with Gasteiger partial charge in [0.25, 0.3) is 0 Å². The zero-order chi connectivity index (χ0) is 18.5. The fourth-order valence-electron chi connectivity index (χ4n) is 3.95. The molecule has 0 atom stereocenters. The maximum absolute atomic E-state index is 4.54. The Morgan fingerprint density at radius 3 is 1.52 bits per heavy atom. The third-order valence-electron chi connectivity index (χ3n) is 5.28. The second kappa shape index (κ2) is 7.90. The maximum atomic E-state index is 4.54. The van der Waals surface area contributed by atoms with E-state index >= 15 is 0 Å². The van der Waals surface area contributed by atoms with E-state index in [9.17, 15) is 0 Å². The van der Waals surface area contributed by atoms with Crippen molar-refractivity contribution in [2.75, 3.05) is 0 Å². The van der Waals surface area contributed by atoms with E-state index in [4.69, 9.17) is 0 Å². The molecule has 0 aliphatic heterocycles. The number of benzene rings is 3. The molecule has 0 N–H and O–H groups in total. The van der Waals surface area contributed by atoms with Crippen LogP contribution in [0.3, 0.4) is 0 Å². The Labute approximate surface area is 161 Å². The summed E-state index contributed by atoms with van der Waals surface area (Å²) in [6.45, 7) is 3.03. The van der Waals surface area contributed by atoms with Crippen molar-refractivity contribution in [2.45, 2.75) is 19.6 Å². The van der Waals surface area contributed by atoms with Crippen LogP contribution in [-0.2, 0) is 12.7 Å². The van der Waals surface area contributed by atoms with Crippen LogP contribution in [-0.4, -0.2) is 9.78 Å². The summed E-state index contributed by atoms with van der Waals surface area (Å²) in [5.41, 5.74) is 1.31. The van der Waals surface area contributed by atoms with Crippen LogP contribution in [0.15, 0.2) is 103 Å². The molecule has 0 saturated heterocycles. The molecule has 3 aromatic carbocycles. The zero-order valence-corrected chi connectivity index (χ0v) is 16.6. The molecule has 136 valence electrons. The summed E-state index contributed by atoms with van der Waals surface area (Å²) in [6.07, 6.45) is 5.25. The molecule has 0 aliphatic rings. The van der Waals surface area contributed by atoms with Gasteiger partial charge in [-0.2, -0.15) is 0 Å². The summed E-state index contributed by atoms with van der Waals surface area (Å²) < 4.78 is 2.02. The van der Waals surface area contributed by atoms with Crippen molar-refractivity contribution in [1.82, 2.24) is 9.78 Å². The zero-order valence-electron chi connectivity index (χ0n) is 15.6. The predicted octanol–water partition coefficient (Wildman–Crippen LogP) is 4.13. The average molecular weight is 372 g/mol. The van der Waals surface area contributed by atoms with Crippen LogP contribution in [0.2, 0.25) is 0 Å². The molecule has 1 heterocycles. The Morgan fingerprint density at radius 2 is 1.15 bits per heavy atom. The number of hydrogen-bond donors (Lipinski definition) is 0. The molecule has 2 nitrogen and oxygen atoms in total. The van der Waals surface area contributed by atoms with Gasteiger partial charge in [-0.1, -0.05) is 0 Å². The van der Waals surface area contributed by atoms with E-state index in [1.165, 1.54) is 21.5 Å². The molecule has 1 aromatic heterocycles. The van der Waals surface area contributed by atoms with Crippen LogP contribution < -0.4 is 15.9 Å². The molecule has 0 amide bonds. The molecular formula is C24H25N2P. The number of rotatable bonds is 6. The molecule has 0 fully saturated rings. The topological polar surface area (TPSA) is 17.8 Å². The van der Waals surface area contributed by atoms with Gasteiger partial charge in [-0.15, -0.1) is 0 Å². The van der Waals surface area contributed by atoms with Gasteiger partial charge in [-0.3, -0.25) is 0 Å². The van der Waals surface area contributed by atoms with Crippen LogP contribution in [0, 0.1) is 0 Å². The quantitative estimate of drug-likeness (QED) is 0.466. The van der Waals surface area contributed by atoms with Crippen LogP contribution in [0.5, 0.6) is 0 Å². The first-order chi connectivity index (χ1) is 13.3. The van der Waals surface area contributed by atoms with Crippen LogP contribution in [0.25, 0.3) is 0 Å². The minimum absolute atomic E-state index is 0.899. The van der Waals surface area contributed by atoms with Crippen molar-refractivity contribution in [3.8, 4) is 0 Å². The van der Waals surface area contributed by atoms with Gasteiger partial charge in [0.2, 0.25) is 0 Å². The second-order valence-corrected chi connectivity index (χ2v) is 10.8. The first-order valence-electron chi connectivity index (χ1n) is 9.51. The molecule has 4 rings (SSSR count). The van der Waals surface area contributed by atoms with Crippen molar-refractivity contribution in [1.29, 1.82) is 0 Å². The van der Waals surface area contributed by atoms with Gasteiger partial charge in [0.05, 0.1) is 0 Å². The second-order valence-electron chi connectivity index (χ2n) is 6.88. The number of hydrogen-bond acceptors (Lipinski definition) is 1. The summed E-state index contributed by atoms with van der Waals surface area (Å²) in [4.78, 5) is 0. The first kappa shape index (κ1) is 17.7. The summed E-state index contributed by atoms with van der Waals surface area (Å²) in [5.74, 6) is 0. The van der Waals surface area contributed by atoms with E-state index in [1.54, 1.807) is 0 Å². The fraction of sp³-hybridized carbons (Fsp3) is 0.125. The molecule has 0 radical (unpaired) electrons. The molecule has 4 aromatic rings. The van der Waals surface area contributed by atoms with Crippen molar-refractivity contribution >= 4 is 23.2 Å². The van der Waals surface area contributed by atoms with Crippen molar-refractivity contribution in [3.63, 3.8) is 0 Å². The SMILES string of the molecule is CCn1cc(C[PH](c2ccccc2)(c2ccccc2)c2ccccc2)cn1. The number of aromatic nitrogens is 2. The number of nitrogens with zero attached hydrogens (tertiary/aromatic N) is 2. The van der Waals surface area contributed by atoms with Gasteiger partial charge >= 0.3 is 162 Å². The Kier molecular flexibility index (Phi) is 5.18. The van der Waals surface area contributed by atoms with E-state index < -0.39 is 7.26 Å². The van der Waals surface area contributed by atoms with Gasteiger partial charge < -0.3 is 0 Å². The van der Waals surface area contributed by atoms with Crippen molar-refractivity contribution < 1.29 is 0 Å². The Hall–Kier alpha value is -2.70. The molecular weight excluding hydrogens is 347 g/mol. The standard InChI is InChI=1S/C24H25N2P/c1-2-26-19-21(18-25-26)20-27(22-12-6-3-7-13-22,23-14-8-4-9-15-23)24-16-10-5-11-17-24/h3-19,27H,2,20H2,1H3. The monoisotopic (exact) mass is 372 g/mol. The Balaban J connectivity index is 1.97. The van der Waals surface area contributed by atoms with E-state index in [-0.39, 0.29) is 0 Å². The molecule has 0 spiro atoms. The van der Waals surface area contributed by atoms with Gasteiger partial charge in [0, 0.05) is 0 Å². The van der Waals surface area contributed by atoms with Gasteiger partial charge in [-0.05, 0) is 0 Å². The van der Waals surface area contributed by atoms with Gasteiger partial charge in [0.1, 0.15) is 0 Å². The van der Waals surface area contributed by atoms with Crippen LogP contribution >= 0.6 is 7.26 Å².